The van der Waals surface area contributed by atoms with Crippen molar-refractivity contribution < 1.29 is 18.7 Å². The van der Waals surface area contributed by atoms with Crippen LogP contribution in [0.1, 0.15) is 17.3 Å². The molecule has 0 saturated carbocycles. The first-order chi connectivity index (χ1) is 16.7. The summed E-state index contributed by atoms with van der Waals surface area (Å²) in [6.45, 7) is 1.43. The average Bonchev–Trinajstić information content (AvgIpc) is 3.09. The largest absolute Gasteiger partial charge is 0.424 e. The maximum Gasteiger partial charge on any atom is 0.333 e. The van der Waals surface area contributed by atoms with Crippen LogP contribution in [0, 0.1) is 11.7 Å². The van der Waals surface area contributed by atoms with E-state index in [1.807, 2.05) is 0 Å². The number of carbonyl (C=O) groups is 2. The third-order valence-corrected chi connectivity index (χ3v) is 6.13. The summed E-state index contributed by atoms with van der Waals surface area (Å²) in [5, 5.41) is 2.83. The molecular formula is C25H20Cl2FN3O4. The number of para-hydroxylation sites is 3. The Morgan fingerprint density at radius 3 is 2.46 bits per heavy atom. The zero-order chi connectivity index (χ0) is 25.3. The summed E-state index contributed by atoms with van der Waals surface area (Å²) < 4.78 is 22.4. The summed E-state index contributed by atoms with van der Waals surface area (Å²) in [4.78, 5) is 38.2. The number of hydrogen-bond acceptors (Lipinski definition) is 4. The molecule has 1 heterocycles. The van der Waals surface area contributed by atoms with Crippen molar-refractivity contribution in [2.75, 3.05) is 6.54 Å². The highest BCUT2D eigenvalue weighted by Crippen LogP contribution is 2.29. The maximum atomic E-state index is 14.0. The van der Waals surface area contributed by atoms with E-state index in [9.17, 15) is 18.8 Å². The predicted octanol–water partition coefficient (Wildman–Crippen LogP) is 4.75. The van der Waals surface area contributed by atoms with Crippen LogP contribution in [0.3, 0.4) is 0 Å². The number of fused-ring (bicyclic) bond motifs is 1. The van der Waals surface area contributed by atoms with Gasteiger partial charge in [-0.2, -0.15) is 0 Å². The molecule has 0 unspecified atom stereocenters. The molecule has 1 N–H and O–H groups in total. The van der Waals surface area contributed by atoms with E-state index in [1.165, 1.54) is 21.3 Å². The summed E-state index contributed by atoms with van der Waals surface area (Å²) in [5.74, 6) is -2.81. The Morgan fingerprint density at radius 2 is 1.71 bits per heavy atom. The van der Waals surface area contributed by atoms with Crippen LogP contribution in [0.4, 0.5) is 4.39 Å². The van der Waals surface area contributed by atoms with Crippen LogP contribution in [0.2, 0.25) is 10.0 Å². The first-order valence-electron chi connectivity index (χ1n) is 10.6. The fourth-order valence-corrected chi connectivity index (χ4v) is 4.14. The smallest absolute Gasteiger partial charge is 0.333 e. The number of aryl methyl sites for hydroxylation is 1. The first kappa shape index (κ1) is 24.5. The Labute approximate surface area is 209 Å². The van der Waals surface area contributed by atoms with Crippen LogP contribution < -0.4 is 15.7 Å². The van der Waals surface area contributed by atoms with Gasteiger partial charge in [-0.15, -0.1) is 0 Å². The van der Waals surface area contributed by atoms with E-state index in [1.54, 1.807) is 56.4 Å². The highest BCUT2D eigenvalue weighted by molar-refractivity contribution is 6.35. The topological polar surface area (TPSA) is 82.3 Å². The molecule has 0 aliphatic carbocycles. The van der Waals surface area contributed by atoms with Crippen molar-refractivity contribution in [3.05, 3.63) is 92.6 Å². The molecule has 10 heteroatoms. The van der Waals surface area contributed by atoms with Gasteiger partial charge in [-0.3, -0.25) is 18.7 Å². The van der Waals surface area contributed by atoms with Gasteiger partial charge in [-0.05, 0) is 36.4 Å². The van der Waals surface area contributed by atoms with Crippen molar-refractivity contribution in [3.8, 4) is 11.4 Å². The quantitative estimate of drug-likeness (QED) is 0.296. The van der Waals surface area contributed by atoms with Crippen LogP contribution >= 0.6 is 23.2 Å². The second kappa shape index (κ2) is 9.93. The Kier molecular flexibility index (Phi) is 6.95. The lowest BCUT2D eigenvalue weighted by molar-refractivity contribution is -0.138. The number of imidazole rings is 1. The monoisotopic (exact) mass is 515 g/mol. The second-order valence-electron chi connectivity index (χ2n) is 7.88. The van der Waals surface area contributed by atoms with Crippen LogP contribution in [-0.4, -0.2) is 27.6 Å². The number of amides is 1. The molecule has 0 aliphatic heterocycles. The molecule has 0 saturated heterocycles. The Hall–Kier alpha value is -3.62. The standard InChI is InChI=1S/C25H20Cl2FN3O4/c1-14(13-29-23(32)21-15(26)7-5-9-17(21)28)24(33)35-20-12-4-3-10-18(20)31-22-16(27)8-6-11-19(22)30(2)25(31)34/h3-12,14H,13H2,1-2H3,(H,29,32)/t14-/m0/s1. The molecule has 4 aromatic rings. The van der Waals surface area contributed by atoms with Gasteiger partial charge in [0, 0.05) is 13.6 Å². The third-order valence-electron chi connectivity index (χ3n) is 5.51. The normalized spacial score (nSPS) is 11.9. The maximum absolute atomic E-state index is 14.0. The predicted molar refractivity (Wildman–Crippen MR) is 132 cm³/mol. The molecule has 0 bridgehead atoms. The number of hydrogen-bond donors (Lipinski definition) is 1. The molecule has 180 valence electrons. The van der Waals surface area contributed by atoms with E-state index >= 15 is 0 Å². The van der Waals surface area contributed by atoms with Gasteiger partial charge in [0.15, 0.2) is 5.75 Å². The molecule has 4 rings (SSSR count). The van der Waals surface area contributed by atoms with Gasteiger partial charge in [0.2, 0.25) is 0 Å². The lowest BCUT2D eigenvalue weighted by Gasteiger charge is -2.15. The van der Waals surface area contributed by atoms with E-state index in [2.05, 4.69) is 5.32 Å². The SMILES string of the molecule is C[C@@H](CNC(=O)c1c(F)cccc1Cl)C(=O)Oc1ccccc1-n1c(=O)n(C)c2cccc(Cl)c21. The van der Waals surface area contributed by atoms with Gasteiger partial charge in [-0.25, -0.2) is 9.18 Å². The molecule has 0 aliphatic rings. The number of nitrogens with one attached hydrogen (secondary N) is 1. The van der Waals surface area contributed by atoms with E-state index in [0.717, 1.165) is 6.07 Å². The van der Waals surface area contributed by atoms with Crippen LogP contribution in [0.5, 0.6) is 5.75 Å². The van der Waals surface area contributed by atoms with Crippen molar-refractivity contribution in [1.82, 2.24) is 14.5 Å². The number of ether oxygens (including phenoxy) is 1. The van der Waals surface area contributed by atoms with E-state index < -0.39 is 23.6 Å². The average molecular weight is 516 g/mol. The van der Waals surface area contributed by atoms with Crippen molar-refractivity contribution in [2.24, 2.45) is 13.0 Å². The lowest BCUT2D eigenvalue weighted by Crippen LogP contribution is -2.34. The number of halogens is 3. The Bertz CT molecular complexity index is 1490. The molecule has 1 aromatic heterocycles. The fourth-order valence-electron chi connectivity index (χ4n) is 3.64. The molecule has 3 aromatic carbocycles. The number of benzene rings is 3. The zero-order valence-corrected chi connectivity index (χ0v) is 20.2. The van der Waals surface area contributed by atoms with E-state index in [-0.39, 0.29) is 28.6 Å². The van der Waals surface area contributed by atoms with Gasteiger partial charge < -0.3 is 10.1 Å². The summed E-state index contributed by atoms with van der Waals surface area (Å²) in [7, 11) is 1.62. The van der Waals surface area contributed by atoms with Crippen LogP contribution in [-0.2, 0) is 11.8 Å². The molecule has 0 radical (unpaired) electrons. The minimum atomic E-state index is -0.787. The molecule has 7 nitrogen and oxygen atoms in total. The molecule has 1 amide bonds. The van der Waals surface area contributed by atoms with Crippen LogP contribution in [0.25, 0.3) is 16.7 Å². The Morgan fingerprint density at radius 1 is 1.03 bits per heavy atom. The minimum Gasteiger partial charge on any atom is -0.424 e. The van der Waals surface area contributed by atoms with Crippen molar-refractivity contribution in [3.63, 3.8) is 0 Å². The fraction of sp³-hybridized carbons (Fsp3) is 0.160. The minimum absolute atomic E-state index is 0.0363. The first-order valence-corrected chi connectivity index (χ1v) is 11.4. The van der Waals surface area contributed by atoms with Crippen molar-refractivity contribution in [1.29, 1.82) is 0 Å². The van der Waals surface area contributed by atoms with Gasteiger partial charge >= 0.3 is 11.7 Å². The van der Waals surface area contributed by atoms with E-state index in [0.29, 0.717) is 21.7 Å². The summed E-state index contributed by atoms with van der Waals surface area (Å²) in [5.41, 5.74) is 0.767. The van der Waals surface area contributed by atoms with Gasteiger partial charge in [0.05, 0.1) is 38.2 Å². The summed E-state index contributed by atoms with van der Waals surface area (Å²) in [6, 6.07) is 15.6. The zero-order valence-electron chi connectivity index (χ0n) is 18.7. The van der Waals surface area contributed by atoms with Gasteiger partial charge in [-0.1, -0.05) is 54.4 Å². The number of rotatable bonds is 6. The molecule has 0 spiro atoms. The van der Waals surface area contributed by atoms with E-state index in [4.69, 9.17) is 27.9 Å². The molecule has 35 heavy (non-hydrogen) atoms. The van der Waals surface area contributed by atoms with Crippen LogP contribution in [0.15, 0.2) is 65.5 Å². The Balaban J connectivity index is 1.57. The summed E-state index contributed by atoms with van der Waals surface area (Å²) in [6.07, 6.45) is 0. The third kappa shape index (κ3) is 4.67. The summed E-state index contributed by atoms with van der Waals surface area (Å²) >= 11 is 12.3. The molecule has 0 fully saturated rings. The second-order valence-corrected chi connectivity index (χ2v) is 8.70. The number of nitrogens with zero attached hydrogens (tertiary/aromatic N) is 2. The molecule has 1 atom stereocenters. The van der Waals surface area contributed by atoms with Gasteiger partial charge in [0.1, 0.15) is 5.82 Å². The molecular weight excluding hydrogens is 496 g/mol. The highest BCUT2D eigenvalue weighted by atomic mass is 35.5. The van der Waals surface area contributed by atoms with Gasteiger partial charge in [0.25, 0.3) is 5.91 Å². The number of carbonyl (C=O) groups excluding carboxylic acids is 2. The lowest BCUT2D eigenvalue weighted by atomic mass is 10.1. The van der Waals surface area contributed by atoms with Crippen molar-refractivity contribution >= 4 is 46.1 Å². The van der Waals surface area contributed by atoms with Crippen molar-refractivity contribution in [2.45, 2.75) is 6.92 Å². The number of esters is 1. The number of aromatic nitrogens is 2. The highest BCUT2D eigenvalue weighted by Gasteiger charge is 2.23.